The van der Waals surface area contributed by atoms with Gasteiger partial charge in [-0.15, -0.1) is 0 Å². The summed E-state index contributed by atoms with van der Waals surface area (Å²) in [5.41, 5.74) is 0. The second-order valence-electron chi connectivity index (χ2n) is 1.90. The zero-order valence-electron chi connectivity index (χ0n) is 7.15. The fourth-order valence-electron chi connectivity index (χ4n) is 0.354. The molecule has 0 radical (unpaired) electrons. The SMILES string of the molecule is CCCCNC.O=S(=O)(O)O.[Cr]. The molecule has 0 saturated carbocycles. The average Bonchev–Trinajstić information content (AvgIpc) is 1.79. The molecule has 12 heavy (non-hydrogen) atoms. The largest absolute Gasteiger partial charge is 0.394 e. The number of hydrogen-bond acceptors (Lipinski definition) is 3. The zero-order chi connectivity index (χ0) is 9.33. The Morgan fingerprint density at radius 2 is 1.67 bits per heavy atom. The summed E-state index contributed by atoms with van der Waals surface area (Å²) in [4.78, 5) is 0. The van der Waals surface area contributed by atoms with Crippen molar-refractivity contribution in [1.29, 1.82) is 0 Å². The Hall–Kier alpha value is 0.362. The third kappa shape index (κ3) is 80.3. The molecule has 0 aliphatic rings. The summed E-state index contributed by atoms with van der Waals surface area (Å²) in [5, 5.41) is 3.07. The molecule has 0 fully saturated rings. The Bertz CT molecular complexity index is 147. The molecule has 0 heterocycles. The Balaban J connectivity index is -0.000000126. The van der Waals surface area contributed by atoms with Gasteiger partial charge in [0.2, 0.25) is 0 Å². The van der Waals surface area contributed by atoms with E-state index in [1.54, 1.807) is 0 Å². The van der Waals surface area contributed by atoms with Crippen LogP contribution in [-0.4, -0.2) is 31.1 Å². The molecular weight excluding hydrogens is 222 g/mol. The fourth-order valence-corrected chi connectivity index (χ4v) is 0.354. The smallest absolute Gasteiger partial charge is 0.320 e. The molecule has 0 aromatic rings. The maximum atomic E-state index is 8.74. The first-order valence-corrected chi connectivity index (χ1v) is 4.66. The van der Waals surface area contributed by atoms with E-state index >= 15 is 0 Å². The van der Waals surface area contributed by atoms with Crippen molar-refractivity contribution in [3.8, 4) is 0 Å². The minimum absolute atomic E-state index is 0. The molecule has 0 spiro atoms. The molecule has 0 aliphatic carbocycles. The number of hydrogen-bond donors (Lipinski definition) is 3. The van der Waals surface area contributed by atoms with Crippen LogP contribution in [-0.2, 0) is 27.8 Å². The first-order valence-electron chi connectivity index (χ1n) is 3.26. The molecule has 0 saturated heterocycles. The van der Waals surface area contributed by atoms with E-state index in [4.69, 9.17) is 17.5 Å². The maximum Gasteiger partial charge on any atom is 0.394 e. The van der Waals surface area contributed by atoms with E-state index in [0.717, 1.165) is 6.54 Å². The molecule has 5 nitrogen and oxygen atoms in total. The van der Waals surface area contributed by atoms with E-state index in [1.165, 1.54) is 12.8 Å². The summed E-state index contributed by atoms with van der Waals surface area (Å²) in [6, 6.07) is 0. The van der Waals surface area contributed by atoms with Crippen molar-refractivity contribution in [2.45, 2.75) is 19.8 Å². The van der Waals surface area contributed by atoms with E-state index in [9.17, 15) is 0 Å². The van der Waals surface area contributed by atoms with Crippen LogP contribution in [0.15, 0.2) is 0 Å². The van der Waals surface area contributed by atoms with Crippen LogP contribution in [0.25, 0.3) is 0 Å². The first-order chi connectivity index (χ1) is 4.91. The van der Waals surface area contributed by atoms with Crippen LogP contribution in [0.4, 0.5) is 0 Å². The van der Waals surface area contributed by atoms with E-state index in [0.29, 0.717) is 0 Å². The summed E-state index contributed by atoms with van der Waals surface area (Å²) in [5.74, 6) is 0. The molecule has 0 aromatic carbocycles. The van der Waals surface area contributed by atoms with Gasteiger partial charge in [-0.2, -0.15) is 8.42 Å². The molecule has 0 aromatic heterocycles. The molecule has 76 valence electrons. The normalized spacial score (nSPS) is 9.33. The van der Waals surface area contributed by atoms with Crippen LogP contribution in [0.5, 0.6) is 0 Å². The number of unbranched alkanes of at least 4 members (excludes halogenated alkanes) is 1. The van der Waals surface area contributed by atoms with Crippen LogP contribution in [0.3, 0.4) is 0 Å². The van der Waals surface area contributed by atoms with Gasteiger partial charge in [-0.3, -0.25) is 9.11 Å². The standard InChI is InChI=1S/C5H13N.Cr.H2O4S/c1-3-4-5-6-2;;1-5(2,3)4/h6H,3-5H2,1-2H3;;(H2,1,2,3,4). The van der Waals surface area contributed by atoms with E-state index < -0.39 is 10.4 Å². The predicted molar refractivity (Wildman–Crippen MR) is 43.0 cm³/mol. The molecule has 0 atom stereocenters. The summed E-state index contributed by atoms with van der Waals surface area (Å²) in [6.45, 7) is 3.36. The van der Waals surface area contributed by atoms with Gasteiger partial charge in [0.05, 0.1) is 0 Å². The van der Waals surface area contributed by atoms with Crippen molar-refractivity contribution in [3.63, 3.8) is 0 Å². The van der Waals surface area contributed by atoms with E-state index in [-0.39, 0.29) is 17.4 Å². The van der Waals surface area contributed by atoms with Crippen molar-refractivity contribution in [1.82, 2.24) is 5.32 Å². The van der Waals surface area contributed by atoms with Crippen molar-refractivity contribution >= 4 is 10.4 Å². The van der Waals surface area contributed by atoms with E-state index in [1.807, 2.05) is 7.05 Å². The zero-order valence-corrected chi connectivity index (χ0v) is 9.24. The summed E-state index contributed by atoms with van der Waals surface area (Å²) < 4.78 is 31.6. The van der Waals surface area contributed by atoms with Gasteiger partial charge in [0, 0.05) is 17.4 Å². The molecule has 0 rings (SSSR count). The Morgan fingerprint density at radius 3 is 1.75 bits per heavy atom. The molecule has 0 aliphatic heterocycles. The summed E-state index contributed by atoms with van der Waals surface area (Å²) in [7, 11) is -2.68. The van der Waals surface area contributed by atoms with Crippen molar-refractivity contribution in [3.05, 3.63) is 0 Å². The number of nitrogens with one attached hydrogen (secondary N) is 1. The monoisotopic (exact) mass is 237 g/mol. The minimum atomic E-state index is -4.67. The molecule has 3 N–H and O–H groups in total. The Morgan fingerprint density at radius 1 is 1.33 bits per heavy atom. The van der Waals surface area contributed by atoms with E-state index in [2.05, 4.69) is 12.2 Å². The summed E-state index contributed by atoms with van der Waals surface area (Å²) in [6.07, 6.45) is 2.59. The van der Waals surface area contributed by atoms with Gasteiger partial charge >= 0.3 is 10.4 Å². The Labute approximate surface area is 84.3 Å². The Kier molecular flexibility index (Phi) is 17.2. The molecule has 7 heteroatoms. The van der Waals surface area contributed by atoms with Crippen LogP contribution < -0.4 is 5.32 Å². The molecular formula is C5H15CrNO4S. The molecule has 0 unspecified atom stereocenters. The van der Waals surface area contributed by atoms with Gasteiger partial charge in [0.25, 0.3) is 0 Å². The van der Waals surface area contributed by atoms with Crippen molar-refractivity contribution in [2.75, 3.05) is 13.6 Å². The van der Waals surface area contributed by atoms with Crippen LogP contribution in [0.1, 0.15) is 19.8 Å². The van der Waals surface area contributed by atoms with Gasteiger partial charge in [0.15, 0.2) is 0 Å². The van der Waals surface area contributed by atoms with Crippen LogP contribution >= 0.6 is 0 Å². The van der Waals surface area contributed by atoms with Crippen LogP contribution in [0.2, 0.25) is 0 Å². The van der Waals surface area contributed by atoms with Gasteiger partial charge in [-0.25, -0.2) is 0 Å². The van der Waals surface area contributed by atoms with Gasteiger partial charge in [-0.05, 0) is 20.0 Å². The van der Waals surface area contributed by atoms with Gasteiger partial charge < -0.3 is 5.32 Å². The third-order valence-corrected chi connectivity index (χ3v) is 0.780. The fraction of sp³-hybridized carbons (Fsp3) is 1.00. The van der Waals surface area contributed by atoms with Gasteiger partial charge in [0.1, 0.15) is 0 Å². The molecule has 0 bridgehead atoms. The summed E-state index contributed by atoms with van der Waals surface area (Å²) >= 11 is 0. The van der Waals surface area contributed by atoms with Crippen molar-refractivity contribution in [2.24, 2.45) is 0 Å². The molecule has 0 amide bonds. The van der Waals surface area contributed by atoms with Crippen LogP contribution in [0, 0.1) is 0 Å². The quantitative estimate of drug-likeness (QED) is 0.487. The minimum Gasteiger partial charge on any atom is -0.320 e. The average molecular weight is 237 g/mol. The topological polar surface area (TPSA) is 86.6 Å². The van der Waals surface area contributed by atoms with Gasteiger partial charge in [-0.1, -0.05) is 13.3 Å². The first kappa shape index (κ1) is 18.2. The second kappa shape index (κ2) is 11.4. The van der Waals surface area contributed by atoms with Crippen molar-refractivity contribution < 1.29 is 34.9 Å². The second-order valence-corrected chi connectivity index (χ2v) is 2.80. The maximum absolute atomic E-state index is 8.74. The number of rotatable bonds is 3. The predicted octanol–water partition coefficient (Wildman–Crippen LogP) is 0.351. The third-order valence-electron chi connectivity index (χ3n) is 0.780.